The van der Waals surface area contributed by atoms with Gasteiger partial charge in [-0.25, -0.2) is 14.4 Å². The second-order valence-electron chi connectivity index (χ2n) is 8.46. The molecule has 1 N–H and O–H groups in total. The van der Waals surface area contributed by atoms with Gasteiger partial charge in [-0.1, -0.05) is 24.3 Å². The first-order valence-corrected chi connectivity index (χ1v) is 11.5. The minimum absolute atomic E-state index is 0.0163. The first-order chi connectivity index (χ1) is 17.6. The van der Waals surface area contributed by atoms with Crippen molar-refractivity contribution in [2.45, 2.75) is 0 Å². The maximum Gasteiger partial charge on any atom is 0.295 e. The van der Waals surface area contributed by atoms with E-state index in [2.05, 4.69) is 29.8 Å². The van der Waals surface area contributed by atoms with Gasteiger partial charge in [0.2, 0.25) is 0 Å². The highest BCUT2D eigenvalue weighted by atomic mass is 19.1. The van der Waals surface area contributed by atoms with Crippen LogP contribution in [-0.2, 0) is 4.79 Å². The number of piperazine rings is 1. The van der Waals surface area contributed by atoms with Crippen molar-refractivity contribution >= 4 is 39.2 Å². The summed E-state index contributed by atoms with van der Waals surface area (Å²) in [6.45, 7) is 1.77. The van der Waals surface area contributed by atoms with E-state index >= 15 is 0 Å². The van der Waals surface area contributed by atoms with E-state index in [1.54, 1.807) is 6.20 Å². The van der Waals surface area contributed by atoms with Crippen LogP contribution in [0.1, 0.15) is 10.4 Å². The maximum absolute atomic E-state index is 14.8. The number of Topliss-reactive ketones (excluding diaryl/α,β-unsaturated/α-hetero) is 1. The molecule has 0 bridgehead atoms. The molecule has 1 aromatic carbocycles. The lowest BCUT2D eigenvalue weighted by atomic mass is 10.1. The minimum Gasteiger partial charge on any atom is -0.359 e. The number of rotatable bonds is 4. The standard InChI is InChI=1S/C26H20FN7O2/c27-19-14-32-22(20-15-28-7-8-29-20)23-21(19)18(13-31-23)24(35)26(36)34-11-9-33(10-12-34)25-17-4-2-1-3-16(17)5-6-30-25/h1-8,13-15,31H,9-12H2. The lowest BCUT2D eigenvalue weighted by Gasteiger charge is -2.35. The molecule has 0 saturated carbocycles. The van der Waals surface area contributed by atoms with Crippen molar-refractivity contribution in [2.75, 3.05) is 31.1 Å². The van der Waals surface area contributed by atoms with Crippen LogP contribution >= 0.6 is 0 Å². The van der Waals surface area contributed by atoms with Gasteiger partial charge in [-0.15, -0.1) is 0 Å². The summed E-state index contributed by atoms with van der Waals surface area (Å²) >= 11 is 0. The molecule has 1 aliphatic rings. The SMILES string of the molecule is O=C(C(=O)N1CCN(c2nccc3ccccc23)CC1)c1c[nH]c2c(-c3cnccn3)ncc(F)c12. The fourth-order valence-electron chi connectivity index (χ4n) is 4.64. The number of hydrogen-bond acceptors (Lipinski definition) is 7. The first kappa shape index (κ1) is 21.8. The molecule has 0 unspecified atom stereocenters. The number of pyridine rings is 2. The van der Waals surface area contributed by atoms with Crippen LogP contribution in [0.4, 0.5) is 10.2 Å². The van der Waals surface area contributed by atoms with Crippen molar-refractivity contribution in [1.82, 2.24) is 29.8 Å². The molecule has 4 aromatic heterocycles. The number of carbonyl (C=O) groups is 2. The zero-order chi connectivity index (χ0) is 24.6. The monoisotopic (exact) mass is 481 g/mol. The topological polar surface area (TPSA) is 108 Å². The Morgan fingerprint density at radius 3 is 2.56 bits per heavy atom. The molecule has 10 heteroatoms. The zero-order valence-electron chi connectivity index (χ0n) is 19.1. The minimum atomic E-state index is -0.770. The Hall–Kier alpha value is -4.73. The Morgan fingerprint density at radius 1 is 0.917 bits per heavy atom. The Kier molecular flexibility index (Phi) is 5.33. The molecular weight excluding hydrogens is 461 g/mol. The smallest absolute Gasteiger partial charge is 0.295 e. The molecule has 0 spiro atoms. The summed E-state index contributed by atoms with van der Waals surface area (Å²) in [6, 6.07) is 9.97. The summed E-state index contributed by atoms with van der Waals surface area (Å²) in [6.07, 6.45) is 8.66. The Balaban J connectivity index is 1.24. The second kappa shape index (κ2) is 8.81. The largest absolute Gasteiger partial charge is 0.359 e. The summed E-state index contributed by atoms with van der Waals surface area (Å²) in [5.41, 5.74) is 1.03. The third kappa shape index (κ3) is 3.63. The van der Waals surface area contributed by atoms with E-state index in [-0.39, 0.29) is 10.9 Å². The molecule has 0 aliphatic carbocycles. The number of H-pyrrole nitrogens is 1. The molecule has 178 valence electrons. The molecule has 1 fully saturated rings. The van der Waals surface area contributed by atoms with Gasteiger partial charge in [0.05, 0.1) is 28.9 Å². The van der Waals surface area contributed by atoms with Gasteiger partial charge in [0.15, 0.2) is 5.82 Å². The average Bonchev–Trinajstić information content (AvgIpc) is 3.39. The average molecular weight is 481 g/mol. The van der Waals surface area contributed by atoms with Crippen LogP contribution in [0.5, 0.6) is 0 Å². The predicted octanol–water partition coefficient (Wildman–Crippen LogP) is 3.24. The van der Waals surface area contributed by atoms with E-state index in [1.165, 1.54) is 29.7 Å². The summed E-state index contributed by atoms with van der Waals surface area (Å²) < 4.78 is 14.8. The molecular formula is C26H20FN7O2. The third-order valence-corrected chi connectivity index (χ3v) is 6.43. The van der Waals surface area contributed by atoms with Gasteiger partial charge < -0.3 is 14.8 Å². The molecule has 9 nitrogen and oxygen atoms in total. The van der Waals surface area contributed by atoms with E-state index in [0.29, 0.717) is 43.1 Å². The molecule has 1 amide bonds. The van der Waals surface area contributed by atoms with Crippen LogP contribution < -0.4 is 4.90 Å². The maximum atomic E-state index is 14.8. The third-order valence-electron chi connectivity index (χ3n) is 6.43. The molecule has 36 heavy (non-hydrogen) atoms. The number of aromatic amines is 1. The highest BCUT2D eigenvalue weighted by Crippen LogP contribution is 2.29. The predicted molar refractivity (Wildman–Crippen MR) is 132 cm³/mol. The van der Waals surface area contributed by atoms with Crippen molar-refractivity contribution in [2.24, 2.45) is 0 Å². The van der Waals surface area contributed by atoms with Gasteiger partial charge in [0.25, 0.3) is 11.7 Å². The van der Waals surface area contributed by atoms with Crippen LogP contribution in [0, 0.1) is 5.82 Å². The van der Waals surface area contributed by atoms with Crippen LogP contribution in [-0.4, -0.2) is 67.7 Å². The number of nitrogens with zero attached hydrogens (tertiary/aromatic N) is 6. The van der Waals surface area contributed by atoms with Crippen molar-refractivity contribution in [3.8, 4) is 11.4 Å². The zero-order valence-corrected chi connectivity index (χ0v) is 19.1. The lowest BCUT2D eigenvalue weighted by molar-refractivity contribution is -0.126. The molecule has 1 aliphatic heterocycles. The highest BCUT2D eigenvalue weighted by Gasteiger charge is 2.30. The van der Waals surface area contributed by atoms with Crippen molar-refractivity contribution in [1.29, 1.82) is 0 Å². The van der Waals surface area contributed by atoms with Gasteiger partial charge in [-0.2, -0.15) is 0 Å². The lowest BCUT2D eigenvalue weighted by Crippen LogP contribution is -2.50. The fourth-order valence-corrected chi connectivity index (χ4v) is 4.64. The normalized spacial score (nSPS) is 13.9. The van der Waals surface area contributed by atoms with Gasteiger partial charge in [0.1, 0.15) is 17.2 Å². The van der Waals surface area contributed by atoms with E-state index in [4.69, 9.17) is 0 Å². The van der Waals surface area contributed by atoms with Gasteiger partial charge in [0, 0.05) is 56.4 Å². The molecule has 6 rings (SSSR count). The number of amides is 1. The second-order valence-corrected chi connectivity index (χ2v) is 8.46. The quantitative estimate of drug-likeness (QED) is 0.310. The van der Waals surface area contributed by atoms with Crippen LogP contribution in [0.25, 0.3) is 33.1 Å². The number of nitrogens with one attached hydrogen (secondary N) is 1. The number of aromatic nitrogens is 5. The highest BCUT2D eigenvalue weighted by molar-refractivity contribution is 6.45. The molecule has 0 radical (unpaired) electrons. The van der Waals surface area contributed by atoms with E-state index < -0.39 is 17.5 Å². The van der Waals surface area contributed by atoms with Crippen LogP contribution in [0.15, 0.2) is 67.5 Å². The van der Waals surface area contributed by atoms with Crippen molar-refractivity contribution < 1.29 is 14.0 Å². The summed E-state index contributed by atoms with van der Waals surface area (Å²) in [5, 5.41) is 2.15. The number of hydrogen-bond donors (Lipinski definition) is 1. The number of fused-ring (bicyclic) bond motifs is 2. The molecule has 1 saturated heterocycles. The van der Waals surface area contributed by atoms with Crippen LogP contribution in [0.3, 0.4) is 0 Å². The summed E-state index contributed by atoms with van der Waals surface area (Å²) in [4.78, 5) is 49.7. The van der Waals surface area contributed by atoms with Crippen LogP contribution in [0.2, 0.25) is 0 Å². The molecule has 5 heterocycles. The van der Waals surface area contributed by atoms with E-state index in [9.17, 15) is 14.0 Å². The molecule has 0 atom stereocenters. The van der Waals surface area contributed by atoms with Gasteiger partial charge in [-0.3, -0.25) is 19.6 Å². The van der Waals surface area contributed by atoms with Gasteiger partial charge >= 0.3 is 0 Å². The Labute approximate surface area is 204 Å². The number of carbonyl (C=O) groups excluding carboxylic acids is 2. The van der Waals surface area contributed by atoms with Gasteiger partial charge in [-0.05, 0) is 11.5 Å². The van der Waals surface area contributed by atoms with Crippen molar-refractivity contribution in [3.63, 3.8) is 0 Å². The van der Waals surface area contributed by atoms with Crippen molar-refractivity contribution in [3.05, 3.63) is 78.9 Å². The fraction of sp³-hybridized carbons (Fsp3) is 0.154. The summed E-state index contributed by atoms with van der Waals surface area (Å²) in [7, 11) is 0. The Morgan fingerprint density at radius 2 is 1.75 bits per heavy atom. The number of benzene rings is 1. The van der Waals surface area contributed by atoms with E-state index in [1.807, 2.05) is 30.3 Å². The number of anilines is 1. The molecule has 5 aromatic rings. The number of halogens is 1. The first-order valence-electron chi connectivity index (χ1n) is 11.5. The summed E-state index contributed by atoms with van der Waals surface area (Å²) in [5.74, 6) is -1.27. The number of ketones is 1. The Bertz CT molecular complexity index is 1610. The van der Waals surface area contributed by atoms with E-state index in [0.717, 1.165) is 22.8 Å².